The maximum absolute atomic E-state index is 12.7. The number of nitrogens with two attached hydrogens (primary N) is 1. The molecule has 4 rings (SSSR count). The van der Waals surface area contributed by atoms with Gasteiger partial charge >= 0.3 is 0 Å². The number of hydrogen-bond donors (Lipinski definition) is 1. The minimum absolute atomic E-state index is 0.0831. The SMILES string of the molecule is COc1ccc(N2CCN(C(=O)CSc3nnc4cc(C)nc(N)n34)CC2)cc1. The molecule has 2 N–H and O–H groups in total. The zero-order valence-corrected chi connectivity index (χ0v) is 17.2. The number of methoxy groups -OCH3 is 1. The summed E-state index contributed by atoms with van der Waals surface area (Å²) in [5, 5.41) is 8.84. The molecule has 0 spiro atoms. The Bertz CT molecular complexity index is 1010. The van der Waals surface area contributed by atoms with Crippen LogP contribution in [0.5, 0.6) is 5.75 Å². The molecule has 1 fully saturated rings. The molecule has 2 aromatic heterocycles. The van der Waals surface area contributed by atoms with Crippen molar-refractivity contribution in [3.8, 4) is 5.75 Å². The second-order valence-corrected chi connectivity index (χ2v) is 7.73. The van der Waals surface area contributed by atoms with Gasteiger partial charge in [-0.15, -0.1) is 10.2 Å². The van der Waals surface area contributed by atoms with Crippen molar-refractivity contribution in [2.24, 2.45) is 0 Å². The van der Waals surface area contributed by atoms with Crippen molar-refractivity contribution in [2.75, 3.05) is 49.7 Å². The van der Waals surface area contributed by atoms with Crippen LogP contribution in [0.2, 0.25) is 0 Å². The highest BCUT2D eigenvalue weighted by atomic mass is 32.2. The maximum atomic E-state index is 12.7. The summed E-state index contributed by atoms with van der Waals surface area (Å²) in [5.41, 5.74) is 8.55. The summed E-state index contributed by atoms with van der Waals surface area (Å²) in [4.78, 5) is 21.1. The number of anilines is 2. The molecule has 1 aliphatic rings. The van der Waals surface area contributed by atoms with E-state index in [2.05, 4.69) is 20.1 Å². The van der Waals surface area contributed by atoms with Gasteiger partial charge in [0.1, 0.15) is 5.75 Å². The van der Waals surface area contributed by atoms with Crippen LogP contribution < -0.4 is 15.4 Å². The number of nitrogen functional groups attached to an aromatic ring is 1. The van der Waals surface area contributed by atoms with Crippen molar-refractivity contribution in [3.63, 3.8) is 0 Å². The van der Waals surface area contributed by atoms with E-state index in [9.17, 15) is 4.79 Å². The summed E-state index contributed by atoms with van der Waals surface area (Å²) < 4.78 is 6.88. The Morgan fingerprint density at radius 2 is 1.90 bits per heavy atom. The molecule has 3 heterocycles. The number of nitrogens with zero attached hydrogens (tertiary/aromatic N) is 6. The quantitative estimate of drug-likeness (QED) is 0.628. The van der Waals surface area contributed by atoms with Crippen LogP contribution in [-0.2, 0) is 4.79 Å². The number of carbonyl (C=O) groups excluding carboxylic acids is 1. The topological polar surface area (TPSA) is 102 Å². The van der Waals surface area contributed by atoms with Gasteiger partial charge in [-0.3, -0.25) is 4.79 Å². The van der Waals surface area contributed by atoms with E-state index in [1.807, 2.05) is 42.2 Å². The Kier molecular flexibility index (Phi) is 5.43. The van der Waals surface area contributed by atoms with Gasteiger partial charge in [0, 0.05) is 43.6 Å². The lowest BCUT2D eigenvalue weighted by Gasteiger charge is -2.36. The molecule has 10 heteroatoms. The largest absolute Gasteiger partial charge is 0.497 e. The second-order valence-electron chi connectivity index (χ2n) is 6.79. The van der Waals surface area contributed by atoms with E-state index >= 15 is 0 Å². The standard InChI is InChI=1S/C19H23N7O2S/c1-13-11-16-22-23-19(26(16)18(20)21-13)29-12-17(27)25-9-7-24(8-10-25)14-3-5-15(28-2)6-4-14/h3-6,11H,7-10,12H2,1-2H3,(H2,20,21). The predicted octanol–water partition coefficient (Wildman–Crippen LogP) is 1.46. The van der Waals surface area contributed by atoms with Gasteiger partial charge in [-0.25, -0.2) is 9.38 Å². The molecule has 1 aliphatic heterocycles. The number of aryl methyl sites for hydroxylation is 1. The summed E-state index contributed by atoms with van der Waals surface area (Å²) in [6.45, 7) is 4.83. The molecule has 0 unspecified atom stereocenters. The molecule has 0 aliphatic carbocycles. The van der Waals surface area contributed by atoms with Gasteiger partial charge < -0.3 is 20.3 Å². The molecule has 0 atom stereocenters. The molecule has 9 nitrogen and oxygen atoms in total. The molecule has 1 aromatic carbocycles. The fraction of sp³-hybridized carbons (Fsp3) is 0.368. The van der Waals surface area contributed by atoms with Crippen molar-refractivity contribution in [3.05, 3.63) is 36.0 Å². The number of amides is 1. The highest BCUT2D eigenvalue weighted by Crippen LogP contribution is 2.22. The zero-order valence-electron chi connectivity index (χ0n) is 16.4. The van der Waals surface area contributed by atoms with Gasteiger partial charge in [0.15, 0.2) is 10.8 Å². The molecule has 29 heavy (non-hydrogen) atoms. The van der Waals surface area contributed by atoms with E-state index in [0.29, 0.717) is 29.8 Å². The molecule has 1 amide bonds. The average Bonchev–Trinajstić information content (AvgIpc) is 3.15. The first-order valence-electron chi connectivity index (χ1n) is 9.33. The first-order valence-corrected chi connectivity index (χ1v) is 10.3. The molecule has 0 saturated carbocycles. The fourth-order valence-corrected chi connectivity index (χ4v) is 4.21. The third kappa shape index (κ3) is 4.07. The van der Waals surface area contributed by atoms with Gasteiger partial charge in [-0.1, -0.05) is 11.8 Å². The van der Waals surface area contributed by atoms with Crippen LogP contribution in [-0.4, -0.2) is 69.4 Å². The summed E-state index contributed by atoms with van der Waals surface area (Å²) in [6, 6.07) is 9.81. The number of thioether (sulfide) groups is 1. The Morgan fingerprint density at radius 3 is 2.59 bits per heavy atom. The lowest BCUT2D eigenvalue weighted by Crippen LogP contribution is -2.49. The van der Waals surface area contributed by atoms with Gasteiger partial charge in [-0.2, -0.15) is 0 Å². The highest BCUT2D eigenvalue weighted by Gasteiger charge is 2.22. The number of rotatable bonds is 5. The summed E-state index contributed by atoms with van der Waals surface area (Å²) in [5.74, 6) is 1.54. The number of hydrogen-bond acceptors (Lipinski definition) is 8. The van der Waals surface area contributed by atoms with Crippen molar-refractivity contribution in [1.82, 2.24) is 24.5 Å². The average molecular weight is 414 g/mol. The highest BCUT2D eigenvalue weighted by molar-refractivity contribution is 7.99. The molecule has 0 radical (unpaired) electrons. The Balaban J connectivity index is 1.33. The van der Waals surface area contributed by atoms with Crippen LogP contribution in [0.1, 0.15) is 5.69 Å². The van der Waals surface area contributed by atoms with Crippen molar-refractivity contribution >= 4 is 35.0 Å². The minimum atomic E-state index is 0.0831. The molecule has 0 bridgehead atoms. The summed E-state index contributed by atoms with van der Waals surface area (Å²) in [7, 11) is 1.66. The van der Waals surface area contributed by atoms with Gasteiger partial charge in [0.25, 0.3) is 0 Å². The lowest BCUT2D eigenvalue weighted by molar-refractivity contribution is -0.128. The predicted molar refractivity (Wildman–Crippen MR) is 112 cm³/mol. The maximum Gasteiger partial charge on any atom is 0.233 e. The fourth-order valence-electron chi connectivity index (χ4n) is 3.36. The van der Waals surface area contributed by atoms with Crippen LogP contribution in [0.4, 0.5) is 11.6 Å². The molecular weight excluding hydrogens is 390 g/mol. The number of aromatic nitrogens is 4. The van der Waals surface area contributed by atoms with Gasteiger partial charge in [0.05, 0.1) is 12.9 Å². The van der Waals surface area contributed by atoms with Crippen LogP contribution in [0, 0.1) is 6.92 Å². The Hall–Kier alpha value is -3.01. The van der Waals surface area contributed by atoms with Crippen molar-refractivity contribution in [2.45, 2.75) is 12.1 Å². The molecule has 152 valence electrons. The molecular formula is C19H23N7O2S. The summed E-state index contributed by atoms with van der Waals surface area (Å²) in [6.07, 6.45) is 0. The minimum Gasteiger partial charge on any atom is -0.497 e. The third-order valence-electron chi connectivity index (χ3n) is 4.91. The number of benzene rings is 1. The molecule has 1 saturated heterocycles. The lowest BCUT2D eigenvalue weighted by atomic mass is 10.2. The summed E-state index contributed by atoms with van der Waals surface area (Å²) >= 11 is 1.33. The number of piperazine rings is 1. The smallest absolute Gasteiger partial charge is 0.233 e. The van der Waals surface area contributed by atoms with E-state index in [0.717, 1.165) is 30.2 Å². The normalized spacial score (nSPS) is 14.4. The van der Waals surface area contributed by atoms with E-state index in [1.54, 1.807) is 11.5 Å². The van der Waals surface area contributed by atoms with Crippen LogP contribution in [0.3, 0.4) is 0 Å². The van der Waals surface area contributed by atoms with E-state index < -0.39 is 0 Å². The van der Waals surface area contributed by atoms with Crippen LogP contribution in [0.15, 0.2) is 35.5 Å². The van der Waals surface area contributed by atoms with Gasteiger partial charge in [-0.05, 0) is 31.2 Å². The van der Waals surface area contributed by atoms with E-state index in [1.165, 1.54) is 11.8 Å². The monoisotopic (exact) mass is 413 g/mol. The molecule has 3 aromatic rings. The number of carbonyl (C=O) groups is 1. The first kappa shape index (κ1) is 19.3. The van der Waals surface area contributed by atoms with Gasteiger partial charge in [0.2, 0.25) is 11.9 Å². The Morgan fingerprint density at radius 1 is 1.17 bits per heavy atom. The number of ether oxygens (including phenoxy) is 1. The Labute approximate surface area is 172 Å². The van der Waals surface area contributed by atoms with Crippen LogP contribution in [0.25, 0.3) is 5.65 Å². The van der Waals surface area contributed by atoms with Crippen molar-refractivity contribution < 1.29 is 9.53 Å². The van der Waals surface area contributed by atoms with E-state index in [-0.39, 0.29) is 11.7 Å². The second kappa shape index (κ2) is 8.16. The number of fused-ring (bicyclic) bond motifs is 1. The third-order valence-corrected chi connectivity index (χ3v) is 5.82. The van der Waals surface area contributed by atoms with Crippen molar-refractivity contribution in [1.29, 1.82) is 0 Å². The van der Waals surface area contributed by atoms with E-state index in [4.69, 9.17) is 10.5 Å². The van der Waals surface area contributed by atoms with Crippen LogP contribution >= 0.6 is 11.8 Å². The zero-order chi connectivity index (χ0) is 20.4. The first-order chi connectivity index (χ1) is 14.0.